The Labute approximate surface area is 164 Å². The average Bonchev–Trinajstić information content (AvgIpc) is 3.21. The lowest BCUT2D eigenvalue weighted by Crippen LogP contribution is -2.31. The summed E-state index contributed by atoms with van der Waals surface area (Å²) in [6, 6.07) is 26.5. The molecule has 3 heteroatoms. The minimum Gasteiger partial charge on any atom is -0.358 e. The molecule has 138 valence electrons. The molecule has 5 rings (SSSR count). The summed E-state index contributed by atoms with van der Waals surface area (Å²) in [6.07, 6.45) is 0. The number of hydrogen-bond acceptors (Lipinski definition) is 1. The van der Waals surface area contributed by atoms with Crippen LogP contribution in [0.5, 0.6) is 0 Å². The Hall–Kier alpha value is -3.33. The molecule has 28 heavy (non-hydrogen) atoms. The second kappa shape index (κ2) is 6.38. The molecule has 0 fully saturated rings. The second-order valence-corrected chi connectivity index (χ2v) is 7.50. The Morgan fingerprint density at radius 2 is 1.57 bits per heavy atom. The first-order chi connectivity index (χ1) is 13.7. The van der Waals surface area contributed by atoms with Gasteiger partial charge in [0, 0.05) is 27.7 Å². The van der Waals surface area contributed by atoms with Crippen LogP contribution < -0.4 is 0 Å². The monoisotopic (exact) mass is 366 g/mol. The van der Waals surface area contributed by atoms with Gasteiger partial charge in [0.15, 0.2) is 0 Å². The van der Waals surface area contributed by atoms with E-state index in [1.165, 1.54) is 10.9 Å². The smallest absolute Gasteiger partial charge is 0.255 e. The number of fused-ring (bicyclic) bond motifs is 2. The van der Waals surface area contributed by atoms with Crippen LogP contribution in [0.3, 0.4) is 0 Å². The van der Waals surface area contributed by atoms with E-state index >= 15 is 0 Å². The number of carbonyl (C=O) groups excluding carboxylic acids is 1. The SMILES string of the molecule is Cc1[nH]c2ccccc2c1C1c2ccccc2C(=O)N1C(C)c1ccccc1. The van der Waals surface area contributed by atoms with Gasteiger partial charge in [0.05, 0.1) is 12.1 Å². The Morgan fingerprint density at radius 3 is 2.39 bits per heavy atom. The standard InChI is InChI=1S/C25H22N2O/c1-16-23(21-14-8-9-15-22(21)26-16)24-19-12-6-7-13-20(19)25(28)27(24)17(2)18-10-4-3-5-11-18/h3-15,17,24,26H,1-2H3. The number of aromatic nitrogens is 1. The first kappa shape index (κ1) is 16.8. The van der Waals surface area contributed by atoms with Crippen LogP contribution >= 0.6 is 0 Å². The van der Waals surface area contributed by atoms with E-state index in [9.17, 15) is 4.79 Å². The molecule has 0 saturated carbocycles. The van der Waals surface area contributed by atoms with E-state index < -0.39 is 0 Å². The fraction of sp³-hybridized carbons (Fsp3) is 0.160. The molecule has 3 nitrogen and oxygen atoms in total. The first-order valence-corrected chi connectivity index (χ1v) is 9.70. The fourth-order valence-corrected chi connectivity index (χ4v) is 4.57. The zero-order valence-electron chi connectivity index (χ0n) is 16.0. The minimum absolute atomic E-state index is 0.0286. The molecule has 2 atom stereocenters. The van der Waals surface area contributed by atoms with Gasteiger partial charge in [0.25, 0.3) is 5.91 Å². The molecule has 2 heterocycles. The van der Waals surface area contributed by atoms with Crippen LogP contribution in [0, 0.1) is 6.92 Å². The summed E-state index contributed by atoms with van der Waals surface area (Å²) in [5.41, 5.74) is 6.45. The summed E-state index contributed by atoms with van der Waals surface area (Å²) in [7, 11) is 0. The third-order valence-electron chi connectivity index (χ3n) is 5.91. The lowest BCUT2D eigenvalue weighted by molar-refractivity contribution is 0.0677. The normalized spacial score (nSPS) is 17.1. The maximum absolute atomic E-state index is 13.5. The van der Waals surface area contributed by atoms with Crippen LogP contribution in [0.1, 0.15) is 51.7 Å². The van der Waals surface area contributed by atoms with Gasteiger partial charge < -0.3 is 9.88 Å². The predicted molar refractivity (Wildman–Crippen MR) is 112 cm³/mol. The molecule has 0 aliphatic carbocycles. The van der Waals surface area contributed by atoms with E-state index in [2.05, 4.69) is 55.2 Å². The van der Waals surface area contributed by atoms with E-state index in [1.807, 2.05) is 47.4 Å². The summed E-state index contributed by atoms with van der Waals surface area (Å²) >= 11 is 0. The summed E-state index contributed by atoms with van der Waals surface area (Å²) in [5.74, 6) is 0.0987. The van der Waals surface area contributed by atoms with Crippen LogP contribution in [0.25, 0.3) is 10.9 Å². The maximum atomic E-state index is 13.5. The van der Waals surface area contributed by atoms with Gasteiger partial charge in [-0.25, -0.2) is 0 Å². The molecule has 0 saturated heterocycles. The number of benzene rings is 3. The van der Waals surface area contributed by atoms with Crippen molar-refractivity contribution in [1.82, 2.24) is 9.88 Å². The Bertz CT molecular complexity index is 1180. The topological polar surface area (TPSA) is 36.1 Å². The molecule has 2 unspecified atom stereocenters. The van der Waals surface area contributed by atoms with Gasteiger partial charge in [0.2, 0.25) is 0 Å². The fourth-order valence-electron chi connectivity index (χ4n) is 4.57. The summed E-state index contributed by atoms with van der Waals surface area (Å²) in [4.78, 5) is 19.0. The number of aryl methyl sites for hydroxylation is 1. The first-order valence-electron chi connectivity index (χ1n) is 9.70. The highest BCUT2D eigenvalue weighted by molar-refractivity contribution is 6.01. The van der Waals surface area contributed by atoms with Crippen molar-refractivity contribution in [3.05, 3.63) is 107 Å². The van der Waals surface area contributed by atoms with Gasteiger partial charge in [-0.15, -0.1) is 0 Å². The van der Waals surface area contributed by atoms with Crippen molar-refractivity contribution in [2.75, 3.05) is 0 Å². The maximum Gasteiger partial charge on any atom is 0.255 e. The number of hydrogen-bond donors (Lipinski definition) is 1. The van der Waals surface area contributed by atoms with E-state index in [4.69, 9.17) is 0 Å². The third-order valence-corrected chi connectivity index (χ3v) is 5.91. The number of aromatic amines is 1. The lowest BCUT2D eigenvalue weighted by Gasteiger charge is -2.32. The van der Waals surface area contributed by atoms with Crippen LogP contribution in [0.2, 0.25) is 0 Å². The number of H-pyrrole nitrogens is 1. The van der Waals surface area contributed by atoms with Crippen molar-refractivity contribution < 1.29 is 4.79 Å². The van der Waals surface area contributed by atoms with Crippen LogP contribution in [0.15, 0.2) is 78.9 Å². The molecule has 1 aromatic heterocycles. The Morgan fingerprint density at radius 1 is 0.893 bits per heavy atom. The molecule has 0 bridgehead atoms. The van der Waals surface area contributed by atoms with Gasteiger partial charge in [-0.3, -0.25) is 4.79 Å². The number of amides is 1. The van der Waals surface area contributed by atoms with E-state index in [0.29, 0.717) is 0 Å². The number of nitrogens with one attached hydrogen (secondary N) is 1. The second-order valence-electron chi connectivity index (χ2n) is 7.50. The van der Waals surface area contributed by atoms with Crippen molar-refractivity contribution in [3.63, 3.8) is 0 Å². The highest BCUT2D eigenvalue weighted by Gasteiger charge is 2.42. The summed E-state index contributed by atoms with van der Waals surface area (Å²) < 4.78 is 0. The van der Waals surface area contributed by atoms with Gasteiger partial charge in [-0.1, -0.05) is 66.7 Å². The highest BCUT2D eigenvalue weighted by Crippen LogP contribution is 2.46. The molecule has 0 radical (unpaired) electrons. The van der Waals surface area contributed by atoms with Gasteiger partial charge in [-0.05, 0) is 37.1 Å². The van der Waals surface area contributed by atoms with E-state index in [1.54, 1.807) is 0 Å². The molecule has 1 aliphatic rings. The average molecular weight is 366 g/mol. The number of rotatable bonds is 3. The van der Waals surface area contributed by atoms with Crippen LogP contribution in [-0.4, -0.2) is 15.8 Å². The van der Waals surface area contributed by atoms with Crippen molar-refractivity contribution in [2.45, 2.75) is 25.9 Å². The van der Waals surface area contributed by atoms with Gasteiger partial charge >= 0.3 is 0 Å². The highest BCUT2D eigenvalue weighted by atomic mass is 16.2. The number of nitrogens with zero attached hydrogens (tertiary/aromatic N) is 1. The van der Waals surface area contributed by atoms with Crippen molar-refractivity contribution in [3.8, 4) is 0 Å². The molecular formula is C25H22N2O. The van der Waals surface area contributed by atoms with Crippen LogP contribution in [-0.2, 0) is 0 Å². The summed E-state index contributed by atoms with van der Waals surface area (Å²) in [6.45, 7) is 4.22. The molecule has 1 N–H and O–H groups in total. The van der Waals surface area contributed by atoms with Crippen molar-refractivity contribution in [1.29, 1.82) is 0 Å². The van der Waals surface area contributed by atoms with Crippen molar-refractivity contribution in [2.24, 2.45) is 0 Å². The number of carbonyl (C=O) groups is 1. The van der Waals surface area contributed by atoms with Crippen molar-refractivity contribution >= 4 is 16.8 Å². The third kappa shape index (κ3) is 2.40. The summed E-state index contributed by atoms with van der Waals surface area (Å²) in [5, 5.41) is 1.18. The predicted octanol–water partition coefficient (Wildman–Crippen LogP) is 5.78. The largest absolute Gasteiger partial charge is 0.358 e. The van der Waals surface area contributed by atoms with E-state index in [0.717, 1.165) is 27.9 Å². The molecule has 0 spiro atoms. The Kier molecular flexibility index (Phi) is 3.83. The molecule has 1 amide bonds. The molecule has 4 aromatic rings. The minimum atomic E-state index is -0.102. The zero-order valence-corrected chi connectivity index (χ0v) is 16.0. The van der Waals surface area contributed by atoms with Gasteiger partial charge in [0.1, 0.15) is 0 Å². The van der Waals surface area contributed by atoms with E-state index in [-0.39, 0.29) is 18.0 Å². The number of para-hydroxylation sites is 1. The molecule has 3 aromatic carbocycles. The lowest BCUT2D eigenvalue weighted by atomic mass is 9.94. The Balaban J connectivity index is 1.74. The quantitative estimate of drug-likeness (QED) is 0.490. The van der Waals surface area contributed by atoms with Gasteiger partial charge in [-0.2, -0.15) is 0 Å². The molecule has 1 aliphatic heterocycles. The van der Waals surface area contributed by atoms with Crippen LogP contribution in [0.4, 0.5) is 0 Å². The zero-order chi connectivity index (χ0) is 19.3. The molecular weight excluding hydrogens is 344 g/mol.